The molecule has 2 N–H and O–H groups in total. The number of β-amino-alcohol motifs (C(OH)–C–C–N with tert-alkyl or cyclic N) is 1. The second kappa shape index (κ2) is 5.15. The van der Waals surface area contributed by atoms with Crippen LogP contribution in [0.5, 0.6) is 0 Å². The van der Waals surface area contributed by atoms with Crippen LogP contribution >= 0.6 is 0 Å². The van der Waals surface area contributed by atoms with Crippen LogP contribution < -0.4 is 5.32 Å². The van der Waals surface area contributed by atoms with Gasteiger partial charge in [0.15, 0.2) is 0 Å². The normalized spacial score (nSPS) is 22.5. The molecule has 0 aromatic carbocycles. The molecule has 1 heterocycles. The van der Waals surface area contributed by atoms with Gasteiger partial charge in [-0.25, -0.2) is 0 Å². The van der Waals surface area contributed by atoms with Gasteiger partial charge < -0.3 is 15.2 Å². The van der Waals surface area contributed by atoms with Crippen molar-refractivity contribution < 1.29 is 14.6 Å². The number of aliphatic hydroxyl groups is 1. The third-order valence-corrected chi connectivity index (χ3v) is 2.68. The first-order valence-electron chi connectivity index (χ1n) is 5.89. The van der Waals surface area contributed by atoms with E-state index >= 15 is 0 Å². The number of hydrogen-bond donors (Lipinski definition) is 2. The van der Waals surface area contributed by atoms with Crippen LogP contribution in [0.25, 0.3) is 0 Å². The molecule has 0 unspecified atom stereocenters. The molecule has 0 atom stereocenters. The summed E-state index contributed by atoms with van der Waals surface area (Å²) < 4.78 is 4.55. The Morgan fingerprint density at radius 2 is 2.00 bits per heavy atom. The lowest BCUT2D eigenvalue weighted by Crippen LogP contribution is -2.59. The molecule has 16 heavy (non-hydrogen) atoms. The van der Waals surface area contributed by atoms with Gasteiger partial charge in [-0.05, 0) is 33.1 Å². The van der Waals surface area contributed by atoms with Gasteiger partial charge in [0.1, 0.15) is 5.60 Å². The van der Waals surface area contributed by atoms with Gasteiger partial charge in [0.05, 0.1) is 5.60 Å². The fourth-order valence-electron chi connectivity index (χ4n) is 1.56. The van der Waals surface area contributed by atoms with Crippen LogP contribution in [0.15, 0.2) is 0 Å². The Hall–Kier alpha value is -0.610. The average Bonchev–Trinajstić information content (AvgIpc) is 2.84. The standard InChI is InChI=1S/C7H13NO.C5H10O2/c9-7(4-8-5-7)3-6-1-2-6;1-5(2,3)7-4-6/h6,8-9H,1-5H2;4H,1-3H3. The van der Waals surface area contributed by atoms with Gasteiger partial charge in [0, 0.05) is 13.1 Å². The van der Waals surface area contributed by atoms with E-state index in [1.165, 1.54) is 12.8 Å². The fraction of sp³-hybridized carbons (Fsp3) is 0.917. The second-order valence-electron chi connectivity index (χ2n) is 5.80. The van der Waals surface area contributed by atoms with Crippen LogP contribution in [-0.2, 0) is 9.53 Å². The van der Waals surface area contributed by atoms with E-state index in [0.717, 1.165) is 25.4 Å². The zero-order valence-corrected chi connectivity index (χ0v) is 10.5. The minimum atomic E-state index is -0.318. The number of rotatable bonds is 3. The SMILES string of the molecule is CC(C)(C)OC=O.OC1(CC2CC2)CNC1. The van der Waals surface area contributed by atoms with Crippen LogP contribution in [0.2, 0.25) is 0 Å². The molecule has 1 saturated heterocycles. The van der Waals surface area contributed by atoms with Crippen molar-refractivity contribution in [2.75, 3.05) is 13.1 Å². The maximum Gasteiger partial charge on any atom is 0.293 e. The molecule has 4 heteroatoms. The molecule has 1 aliphatic carbocycles. The first kappa shape index (κ1) is 13.5. The lowest BCUT2D eigenvalue weighted by atomic mass is 9.91. The van der Waals surface area contributed by atoms with Crippen molar-refractivity contribution in [3.8, 4) is 0 Å². The summed E-state index contributed by atoms with van der Waals surface area (Å²) in [6, 6.07) is 0. The highest BCUT2D eigenvalue weighted by atomic mass is 16.5. The number of nitrogens with one attached hydrogen (secondary N) is 1. The van der Waals surface area contributed by atoms with Crippen molar-refractivity contribution in [3.63, 3.8) is 0 Å². The summed E-state index contributed by atoms with van der Waals surface area (Å²) >= 11 is 0. The number of carbonyl (C=O) groups is 1. The first-order valence-corrected chi connectivity index (χ1v) is 5.89. The molecule has 0 bridgehead atoms. The molecule has 94 valence electrons. The molecule has 1 aliphatic heterocycles. The van der Waals surface area contributed by atoms with Gasteiger partial charge in [0.25, 0.3) is 6.47 Å². The summed E-state index contributed by atoms with van der Waals surface area (Å²) in [6.45, 7) is 7.57. The Balaban J connectivity index is 0.000000168. The third-order valence-electron chi connectivity index (χ3n) is 2.68. The Morgan fingerprint density at radius 1 is 1.44 bits per heavy atom. The summed E-state index contributed by atoms with van der Waals surface area (Å²) in [7, 11) is 0. The van der Waals surface area contributed by atoms with Gasteiger partial charge in [-0.2, -0.15) is 0 Å². The van der Waals surface area contributed by atoms with Crippen molar-refractivity contribution in [2.24, 2.45) is 5.92 Å². The highest BCUT2D eigenvalue weighted by Gasteiger charge is 2.39. The summed E-state index contributed by atoms with van der Waals surface area (Å²) in [6.07, 6.45) is 3.74. The number of hydrogen-bond acceptors (Lipinski definition) is 4. The Labute approximate surface area is 97.4 Å². The van der Waals surface area contributed by atoms with Crippen LogP contribution in [0.4, 0.5) is 0 Å². The van der Waals surface area contributed by atoms with Gasteiger partial charge >= 0.3 is 0 Å². The van der Waals surface area contributed by atoms with Crippen LogP contribution in [-0.4, -0.2) is 35.9 Å². The maximum atomic E-state index is 9.60. The van der Waals surface area contributed by atoms with Gasteiger partial charge in [-0.15, -0.1) is 0 Å². The Morgan fingerprint density at radius 3 is 2.19 bits per heavy atom. The quantitative estimate of drug-likeness (QED) is 0.711. The molecule has 0 aromatic heterocycles. The molecule has 4 nitrogen and oxygen atoms in total. The minimum absolute atomic E-state index is 0.304. The summed E-state index contributed by atoms with van der Waals surface area (Å²) in [4.78, 5) is 9.60. The molecule has 2 aliphatic rings. The van der Waals surface area contributed by atoms with Crippen LogP contribution in [0.1, 0.15) is 40.0 Å². The highest BCUT2D eigenvalue weighted by Crippen LogP contribution is 2.37. The average molecular weight is 229 g/mol. The lowest BCUT2D eigenvalue weighted by Gasteiger charge is -2.37. The van der Waals surface area contributed by atoms with Crippen LogP contribution in [0, 0.1) is 5.92 Å². The number of ether oxygens (including phenoxy) is 1. The predicted molar refractivity (Wildman–Crippen MR) is 62.1 cm³/mol. The van der Waals surface area contributed by atoms with Crippen molar-refractivity contribution in [1.29, 1.82) is 0 Å². The zero-order valence-electron chi connectivity index (χ0n) is 10.5. The molecule has 1 saturated carbocycles. The van der Waals surface area contributed by atoms with E-state index in [2.05, 4.69) is 10.1 Å². The van der Waals surface area contributed by atoms with E-state index in [0.29, 0.717) is 6.47 Å². The van der Waals surface area contributed by atoms with Gasteiger partial charge in [-0.1, -0.05) is 12.8 Å². The monoisotopic (exact) mass is 229 g/mol. The van der Waals surface area contributed by atoms with Crippen molar-refractivity contribution in [3.05, 3.63) is 0 Å². The summed E-state index contributed by atoms with van der Waals surface area (Å²) in [5, 5.41) is 12.6. The first-order chi connectivity index (χ1) is 7.35. The fourth-order valence-corrected chi connectivity index (χ4v) is 1.56. The molecule has 0 spiro atoms. The maximum absolute atomic E-state index is 9.60. The van der Waals surface area contributed by atoms with E-state index in [1.54, 1.807) is 0 Å². The largest absolute Gasteiger partial charge is 0.462 e. The van der Waals surface area contributed by atoms with Gasteiger partial charge in [-0.3, -0.25) is 4.79 Å². The summed E-state index contributed by atoms with van der Waals surface area (Å²) in [5.41, 5.74) is -0.622. The van der Waals surface area contributed by atoms with E-state index in [4.69, 9.17) is 0 Å². The zero-order chi connectivity index (χ0) is 12.2. The second-order valence-corrected chi connectivity index (χ2v) is 5.80. The van der Waals surface area contributed by atoms with Crippen molar-refractivity contribution in [2.45, 2.75) is 51.2 Å². The molecular weight excluding hydrogens is 206 g/mol. The number of carbonyl (C=O) groups excluding carboxylic acids is 1. The molecule has 0 aromatic rings. The minimum Gasteiger partial charge on any atom is -0.462 e. The van der Waals surface area contributed by atoms with Crippen LogP contribution in [0.3, 0.4) is 0 Å². The molecule has 2 rings (SSSR count). The lowest BCUT2D eigenvalue weighted by molar-refractivity contribution is -0.138. The van der Waals surface area contributed by atoms with Crippen molar-refractivity contribution in [1.82, 2.24) is 5.32 Å². The molecule has 0 radical (unpaired) electrons. The molecular formula is C12H23NO3. The van der Waals surface area contributed by atoms with E-state index in [1.807, 2.05) is 20.8 Å². The van der Waals surface area contributed by atoms with E-state index < -0.39 is 0 Å². The third kappa shape index (κ3) is 5.47. The highest BCUT2D eigenvalue weighted by molar-refractivity contribution is 5.37. The predicted octanol–water partition coefficient (Wildman–Crippen LogP) is 1.08. The van der Waals surface area contributed by atoms with E-state index in [9.17, 15) is 9.90 Å². The van der Waals surface area contributed by atoms with Gasteiger partial charge in [0.2, 0.25) is 0 Å². The smallest absolute Gasteiger partial charge is 0.293 e. The van der Waals surface area contributed by atoms with Crippen molar-refractivity contribution >= 4 is 6.47 Å². The molecule has 2 fully saturated rings. The van der Waals surface area contributed by atoms with E-state index in [-0.39, 0.29) is 11.2 Å². The Kier molecular flexibility index (Phi) is 4.33. The molecule has 0 amide bonds. The topological polar surface area (TPSA) is 58.6 Å². The Bertz CT molecular complexity index is 227. The summed E-state index contributed by atoms with van der Waals surface area (Å²) in [5.74, 6) is 0.858.